The third-order valence-corrected chi connectivity index (χ3v) is 4.31. The van der Waals surface area contributed by atoms with E-state index < -0.39 is 34.2 Å². The Balaban J connectivity index is 0.000000861. The monoisotopic (exact) mass is 431 g/mol. The van der Waals surface area contributed by atoms with Gasteiger partial charge in [-0.2, -0.15) is 0 Å². The van der Waals surface area contributed by atoms with Gasteiger partial charge in [-0.1, -0.05) is 43.7 Å². The third-order valence-electron chi connectivity index (χ3n) is 4.31. The van der Waals surface area contributed by atoms with Crippen LogP contribution in [0.15, 0.2) is 48.5 Å². The van der Waals surface area contributed by atoms with Crippen molar-refractivity contribution in [1.82, 2.24) is 0 Å². The van der Waals surface area contributed by atoms with Crippen LogP contribution in [0.1, 0.15) is 72.4 Å². The molecule has 0 aromatic heterocycles. The maximum absolute atomic E-state index is 12.5. The highest BCUT2D eigenvalue weighted by Gasteiger charge is 2.24. The highest BCUT2D eigenvalue weighted by atomic mass is 16.6. The van der Waals surface area contributed by atoms with Crippen LogP contribution in [0, 0.1) is 10.1 Å². The molecule has 8 heteroatoms. The maximum atomic E-state index is 12.5. The van der Waals surface area contributed by atoms with Crippen LogP contribution < -0.4 is 0 Å². The molecule has 1 atom stereocenters. The number of rotatable bonds is 10. The quantitative estimate of drug-likeness (QED) is 0.303. The predicted octanol–water partition coefficient (Wildman–Crippen LogP) is 5.42. The van der Waals surface area contributed by atoms with Crippen molar-refractivity contribution in [3.8, 4) is 0 Å². The van der Waals surface area contributed by atoms with Gasteiger partial charge in [-0.25, -0.2) is 9.59 Å². The molecule has 0 saturated heterocycles. The first-order valence-corrected chi connectivity index (χ1v) is 10.2. The molecule has 8 nitrogen and oxygen atoms in total. The Kier molecular flexibility index (Phi) is 11.5. The molecule has 0 radical (unpaired) electrons. The molecule has 0 aliphatic carbocycles. The van der Waals surface area contributed by atoms with E-state index in [4.69, 9.17) is 9.47 Å². The smallest absolute Gasteiger partial charge is 0.339 e. The number of carboxylic acids is 1. The van der Waals surface area contributed by atoms with E-state index in [0.29, 0.717) is 6.42 Å². The molecular formula is C23H29NO7. The summed E-state index contributed by atoms with van der Waals surface area (Å²) in [6.07, 6.45) is 1.83. The first-order chi connectivity index (χ1) is 14.8. The number of hydrogen-bond acceptors (Lipinski definition) is 6. The molecule has 31 heavy (non-hydrogen) atoms. The third kappa shape index (κ3) is 8.55. The van der Waals surface area contributed by atoms with E-state index in [9.17, 15) is 24.8 Å². The molecule has 0 aliphatic heterocycles. The van der Waals surface area contributed by atoms with Gasteiger partial charge in [0.05, 0.1) is 16.1 Å². The van der Waals surface area contributed by atoms with Crippen LogP contribution in [0.2, 0.25) is 0 Å². The van der Waals surface area contributed by atoms with Gasteiger partial charge in [0.25, 0.3) is 5.69 Å². The van der Waals surface area contributed by atoms with Gasteiger partial charge in [-0.15, -0.1) is 0 Å². The fraction of sp³-hybridized carbons (Fsp3) is 0.391. The van der Waals surface area contributed by atoms with Crippen LogP contribution >= 0.6 is 0 Å². The van der Waals surface area contributed by atoms with Crippen molar-refractivity contribution in [3.63, 3.8) is 0 Å². The summed E-state index contributed by atoms with van der Waals surface area (Å²) in [4.78, 5) is 34.1. The lowest BCUT2D eigenvalue weighted by molar-refractivity contribution is -0.384. The lowest BCUT2D eigenvalue weighted by Crippen LogP contribution is -2.15. The van der Waals surface area contributed by atoms with Gasteiger partial charge in [0.1, 0.15) is 6.10 Å². The Morgan fingerprint density at radius 1 is 1.03 bits per heavy atom. The minimum atomic E-state index is -1.43. The number of hydrogen-bond donors (Lipinski definition) is 1. The van der Waals surface area contributed by atoms with Gasteiger partial charge >= 0.3 is 11.9 Å². The number of carbonyl (C=O) groups is 2. The predicted molar refractivity (Wildman–Crippen MR) is 116 cm³/mol. The Hall–Kier alpha value is -3.26. The van der Waals surface area contributed by atoms with Crippen molar-refractivity contribution in [1.29, 1.82) is 0 Å². The molecule has 2 aromatic rings. The first kappa shape index (κ1) is 25.8. The first-order valence-electron chi connectivity index (χ1n) is 10.2. The van der Waals surface area contributed by atoms with E-state index in [1.807, 2.05) is 51.1 Å². The van der Waals surface area contributed by atoms with E-state index in [1.165, 1.54) is 0 Å². The van der Waals surface area contributed by atoms with Crippen LogP contribution in [0.25, 0.3) is 0 Å². The second-order valence-corrected chi connectivity index (χ2v) is 6.52. The zero-order valence-corrected chi connectivity index (χ0v) is 18.1. The summed E-state index contributed by atoms with van der Waals surface area (Å²) < 4.78 is 10.4. The van der Waals surface area contributed by atoms with Crippen LogP contribution in [0.4, 0.5) is 5.69 Å². The summed E-state index contributed by atoms with van der Waals surface area (Å²) in [5, 5.41) is 20.1. The average molecular weight is 431 g/mol. The highest BCUT2D eigenvalue weighted by molar-refractivity contribution is 6.03. The standard InChI is InChI=1S/C19H19NO6.C4H10O/c1-2-3-9-17(13-7-5-4-6-8-13)26-19(23)15-11-10-14(20(24)25)12-16(15)18(21)22;1-3-5-4-2/h4-8,10-12,17H,2-3,9H2,1H3,(H,21,22);3-4H2,1-2H3. The Morgan fingerprint density at radius 2 is 1.68 bits per heavy atom. The number of carboxylic acid groups (broad SMARTS) is 1. The fourth-order valence-electron chi connectivity index (χ4n) is 2.75. The Labute approximate surface area is 182 Å². The minimum absolute atomic E-state index is 0.208. The molecule has 1 unspecified atom stereocenters. The molecule has 0 saturated carbocycles. The Bertz CT molecular complexity index is 850. The number of benzene rings is 2. The molecule has 0 spiro atoms. The SMILES string of the molecule is CCCCC(OC(=O)c1ccc([N+](=O)[O-])cc1C(=O)O)c1ccccc1.CCOCC. The highest BCUT2D eigenvalue weighted by Crippen LogP contribution is 2.26. The fourth-order valence-corrected chi connectivity index (χ4v) is 2.75. The van der Waals surface area contributed by atoms with Crippen LogP contribution in [-0.2, 0) is 9.47 Å². The van der Waals surface area contributed by atoms with E-state index in [2.05, 4.69) is 0 Å². The van der Waals surface area contributed by atoms with Crippen molar-refractivity contribution in [2.24, 2.45) is 0 Å². The molecule has 0 amide bonds. The number of nitro groups is 1. The molecule has 2 rings (SSSR count). The number of unbranched alkanes of at least 4 members (excludes halogenated alkanes) is 1. The number of ether oxygens (including phenoxy) is 2. The molecule has 0 heterocycles. The van der Waals surface area contributed by atoms with Gasteiger partial charge < -0.3 is 14.6 Å². The van der Waals surface area contributed by atoms with Gasteiger partial charge in [0.15, 0.2) is 0 Å². The van der Waals surface area contributed by atoms with E-state index in [0.717, 1.165) is 49.8 Å². The topological polar surface area (TPSA) is 116 Å². The van der Waals surface area contributed by atoms with E-state index in [1.54, 1.807) is 0 Å². The average Bonchev–Trinajstić information content (AvgIpc) is 2.77. The molecule has 0 bridgehead atoms. The van der Waals surface area contributed by atoms with Gasteiger partial charge in [0, 0.05) is 25.3 Å². The lowest BCUT2D eigenvalue weighted by atomic mass is 10.0. The number of carbonyl (C=O) groups excluding carboxylic acids is 1. The Morgan fingerprint density at radius 3 is 2.16 bits per heavy atom. The van der Waals surface area contributed by atoms with Crippen molar-refractivity contribution in [2.75, 3.05) is 13.2 Å². The van der Waals surface area contributed by atoms with Crippen LogP contribution in [0.5, 0.6) is 0 Å². The summed E-state index contributed by atoms with van der Waals surface area (Å²) in [5.74, 6) is -2.24. The lowest BCUT2D eigenvalue weighted by Gasteiger charge is -2.18. The van der Waals surface area contributed by atoms with Crippen molar-refractivity contribution in [3.05, 3.63) is 75.3 Å². The molecule has 0 fully saturated rings. The van der Waals surface area contributed by atoms with E-state index >= 15 is 0 Å². The minimum Gasteiger partial charge on any atom is -0.478 e. The molecule has 1 N–H and O–H groups in total. The summed E-state index contributed by atoms with van der Waals surface area (Å²) in [7, 11) is 0. The summed E-state index contributed by atoms with van der Waals surface area (Å²) >= 11 is 0. The number of nitro benzene ring substituents is 1. The molecule has 0 aliphatic rings. The van der Waals surface area contributed by atoms with Crippen molar-refractivity contribution in [2.45, 2.75) is 46.1 Å². The molecular weight excluding hydrogens is 402 g/mol. The zero-order valence-electron chi connectivity index (χ0n) is 18.1. The van der Waals surface area contributed by atoms with Gasteiger partial charge in [0.2, 0.25) is 0 Å². The second kappa shape index (κ2) is 13.9. The maximum Gasteiger partial charge on any atom is 0.339 e. The largest absolute Gasteiger partial charge is 0.478 e. The second-order valence-electron chi connectivity index (χ2n) is 6.52. The normalized spacial score (nSPS) is 11.1. The number of aromatic carboxylic acids is 1. The number of esters is 1. The van der Waals surface area contributed by atoms with Crippen molar-refractivity contribution < 1.29 is 29.1 Å². The number of nitrogens with zero attached hydrogens (tertiary/aromatic N) is 1. The van der Waals surface area contributed by atoms with Gasteiger partial charge in [-0.05, 0) is 38.3 Å². The summed E-state index contributed by atoms with van der Waals surface area (Å²) in [5.41, 5.74) is -0.246. The van der Waals surface area contributed by atoms with E-state index in [-0.39, 0.29) is 5.56 Å². The summed E-state index contributed by atoms with van der Waals surface area (Å²) in [6, 6.07) is 12.2. The van der Waals surface area contributed by atoms with Crippen LogP contribution in [0.3, 0.4) is 0 Å². The zero-order chi connectivity index (χ0) is 23.2. The summed E-state index contributed by atoms with van der Waals surface area (Å²) in [6.45, 7) is 7.68. The van der Waals surface area contributed by atoms with Gasteiger partial charge in [-0.3, -0.25) is 10.1 Å². The van der Waals surface area contributed by atoms with Crippen molar-refractivity contribution >= 4 is 17.6 Å². The van der Waals surface area contributed by atoms with Crippen LogP contribution in [-0.4, -0.2) is 35.2 Å². The molecule has 2 aromatic carbocycles. The number of non-ortho nitro benzene ring substituents is 1. The molecule has 168 valence electrons.